The largest absolute Gasteiger partial charge is 0.376 e. The number of rotatable bonds is 8. The number of hydrogen-bond acceptors (Lipinski definition) is 5. The fourth-order valence-corrected chi connectivity index (χ4v) is 5.78. The summed E-state index contributed by atoms with van der Waals surface area (Å²) in [5.74, 6) is 0.0619. The molecule has 1 aliphatic heterocycles. The molecule has 3 rings (SSSR count). The number of ether oxygens (including phenoxy) is 1. The average Bonchev–Trinajstić information content (AvgIpc) is 2.80. The summed E-state index contributed by atoms with van der Waals surface area (Å²) in [5, 5.41) is 2.56. The molecule has 2 amide bonds. The predicted molar refractivity (Wildman–Crippen MR) is 127 cm³/mol. The van der Waals surface area contributed by atoms with E-state index < -0.39 is 10.0 Å². The van der Waals surface area contributed by atoms with Crippen molar-refractivity contribution in [1.29, 1.82) is 0 Å². The highest BCUT2D eigenvalue weighted by molar-refractivity contribution is 7.88. The van der Waals surface area contributed by atoms with Crippen molar-refractivity contribution in [3.8, 4) is 0 Å². The van der Waals surface area contributed by atoms with Gasteiger partial charge in [-0.25, -0.2) is 12.7 Å². The molecule has 0 spiro atoms. The molecule has 0 radical (unpaired) electrons. The van der Waals surface area contributed by atoms with Crippen molar-refractivity contribution in [2.45, 2.75) is 69.6 Å². The van der Waals surface area contributed by atoms with Crippen LogP contribution in [-0.2, 0) is 24.3 Å². The number of nitrogens with one attached hydrogen (secondary N) is 1. The molecule has 184 valence electrons. The van der Waals surface area contributed by atoms with Crippen molar-refractivity contribution in [3.05, 3.63) is 35.9 Å². The number of likely N-dealkylation sites (N-methyl/N-ethyl adjacent to an activating group) is 1. The molecule has 2 atom stereocenters. The average molecular weight is 480 g/mol. The van der Waals surface area contributed by atoms with Crippen LogP contribution in [0.2, 0.25) is 0 Å². The van der Waals surface area contributed by atoms with Gasteiger partial charge in [0, 0.05) is 26.6 Å². The van der Waals surface area contributed by atoms with Gasteiger partial charge >= 0.3 is 0 Å². The lowest BCUT2D eigenvalue weighted by Crippen LogP contribution is -2.60. The molecule has 2 fully saturated rings. The van der Waals surface area contributed by atoms with Gasteiger partial charge in [-0.3, -0.25) is 9.59 Å². The Bertz CT molecular complexity index is 900. The smallest absolute Gasteiger partial charge is 0.242 e. The minimum absolute atomic E-state index is 0.0939. The van der Waals surface area contributed by atoms with E-state index >= 15 is 0 Å². The molecular weight excluding hydrogens is 442 g/mol. The third kappa shape index (κ3) is 7.01. The van der Waals surface area contributed by atoms with E-state index in [1.165, 1.54) is 23.0 Å². The molecule has 1 heterocycles. The summed E-state index contributed by atoms with van der Waals surface area (Å²) in [6.07, 6.45) is 6.65. The lowest BCUT2D eigenvalue weighted by Gasteiger charge is -2.44. The van der Waals surface area contributed by atoms with E-state index in [0.29, 0.717) is 25.3 Å². The van der Waals surface area contributed by atoms with Gasteiger partial charge in [0.2, 0.25) is 21.8 Å². The molecule has 0 bridgehead atoms. The van der Waals surface area contributed by atoms with Gasteiger partial charge in [0.25, 0.3) is 0 Å². The highest BCUT2D eigenvalue weighted by Gasteiger charge is 2.39. The normalized spacial score (nSPS) is 26.2. The summed E-state index contributed by atoms with van der Waals surface area (Å²) in [6, 6.07) is 9.81. The molecule has 1 saturated heterocycles. The number of carbonyl (C=O) groups is 2. The Hall–Kier alpha value is -1.97. The van der Waals surface area contributed by atoms with E-state index in [2.05, 4.69) is 29.6 Å². The molecule has 1 N–H and O–H groups in total. The molecule has 0 aromatic heterocycles. The second-order valence-electron chi connectivity index (χ2n) is 9.27. The number of benzene rings is 1. The molecular formula is C24H37N3O5S. The van der Waals surface area contributed by atoms with Gasteiger partial charge in [-0.1, -0.05) is 30.3 Å². The third-order valence-corrected chi connectivity index (χ3v) is 8.31. The van der Waals surface area contributed by atoms with E-state index in [1.54, 1.807) is 11.9 Å². The predicted octanol–water partition coefficient (Wildman–Crippen LogP) is 2.12. The van der Waals surface area contributed by atoms with Gasteiger partial charge in [0.05, 0.1) is 31.6 Å². The Morgan fingerprint density at radius 3 is 2.39 bits per heavy atom. The zero-order valence-electron chi connectivity index (χ0n) is 19.9. The van der Waals surface area contributed by atoms with Gasteiger partial charge in [-0.15, -0.1) is 0 Å². The van der Waals surface area contributed by atoms with Crippen LogP contribution in [0.15, 0.2) is 30.3 Å². The molecule has 2 unspecified atom stereocenters. The Kier molecular flexibility index (Phi) is 8.89. The van der Waals surface area contributed by atoms with Crippen molar-refractivity contribution in [2.75, 3.05) is 33.0 Å². The summed E-state index contributed by atoms with van der Waals surface area (Å²) in [7, 11) is -1.85. The zero-order valence-corrected chi connectivity index (χ0v) is 20.7. The Morgan fingerprint density at radius 2 is 1.79 bits per heavy atom. The van der Waals surface area contributed by atoms with Crippen molar-refractivity contribution < 1.29 is 22.7 Å². The zero-order chi connectivity index (χ0) is 24.0. The number of carbonyl (C=O) groups excluding carboxylic acids is 2. The van der Waals surface area contributed by atoms with Crippen LogP contribution >= 0.6 is 0 Å². The van der Waals surface area contributed by atoms with Crippen molar-refractivity contribution in [3.63, 3.8) is 0 Å². The first-order valence-electron chi connectivity index (χ1n) is 11.8. The Labute approximate surface area is 197 Å². The number of amides is 2. The van der Waals surface area contributed by atoms with Gasteiger partial charge in [-0.2, -0.15) is 0 Å². The molecule has 2 aliphatic rings. The Balaban J connectivity index is 1.65. The minimum atomic E-state index is -3.42. The molecule has 33 heavy (non-hydrogen) atoms. The third-order valence-electron chi connectivity index (χ3n) is 6.99. The van der Waals surface area contributed by atoms with Crippen LogP contribution in [-0.4, -0.2) is 80.6 Å². The molecule has 1 aliphatic carbocycles. The van der Waals surface area contributed by atoms with Crippen molar-refractivity contribution in [2.24, 2.45) is 0 Å². The number of nitrogens with zero attached hydrogens (tertiary/aromatic N) is 2. The van der Waals surface area contributed by atoms with Crippen LogP contribution in [0.4, 0.5) is 0 Å². The monoisotopic (exact) mass is 479 g/mol. The second kappa shape index (κ2) is 11.4. The van der Waals surface area contributed by atoms with Crippen molar-refractivity contribution >= 4 is 21.8 Å². The topological polar surface area (TPSA) is 96.0 Å². The van der Waals surface area contributed by atoms with Crippen LogP contribution in [0.5, 0.6) is 0 Å². The maximum atomic E-state index is 12.9. The summed E-state index contributed by atoms with van der Waals surface area (Å²) >= 11 is 0. The first-order valence-corrected chi connectivity index (χ1v) is 13.6. The summed E-state index contributed by atoms with van der Waals surface area (Å²) in [5.41, 5.74) is 1.37. The Morgan fingerprint density at radius 1 is 1.12 bits per heavy atom. The highest BCUT2D eigenvalue weighted by atomic mass is 32.2. The van der Waals surface area contributed by atoms with E-state index in [9.17, 15) is 18.0 Å². The number of likely N-dealkylation sites (tertiary alicyclic amines) is 1. The first kappa shape index (κ1) is 25.6. The standard InChI is InChI=1S/C24H37N3O5S/c1-18(28)25-16-24(29)27-15-7-10-22(26(2)33(3,30)31)23(27)17-32-21-13-11-20(12-14-21)19-8-5-4-6-9-19/h4-6,8-9,20-23H,7,10-17H2,1-3H3,(H,25,28). The van der Waals surface area contributed by atoms with Gasteiger partial charge < -0.3 is 15.0 Å². The van der Waals surface area contributed by atoms with Crippen LogP contribution in [0.1, 0.15) is 56.9 Å². The van der Waals surface area contributed by atoms with Gasteiger partial charge in [0.15, 0.2) is 0 Å². The van der Waals surface area contributed by atoms with E-state index in [0.717, 1.165) is 25.7 Å². The molecule has 1 aromatic rings. The molecule has 9 heteroatoms. The van der Waals surface area contributed by atoms with Crippen molar-refractivity contribution in [1.82, 2.24) is 14.5 Å². The number of sulfonamides is 1. The minimum Gasteiger partial charge on any atom is -0.376 e. The van der Waals surface area contributed by atoms with Gasteiger partial charge in [0.1, 0.15) is 0 Å². The maximum Gasteiger partial charge on any atom is 0.242 e. The van der Waals surface area contributed by atoms with E-state index in [1.807, 2.05) is 6.07 Å². The van der Waals surface area contributed by atoms with Crippen LogP contribution in [0.3, 0.4) is 0 Å². The summed E-state index contributed by atoms with van der Waals surface area (Å²) in [6.45, 7) is 2.09. The lowest BCUT2D eigenvalue weighted by molar-refractivity contribution is -0.140. The van der Waals surface area contributed by atoms with E-state index in [4.69, 9.17) is 4.74 Å². The molecule has 1 saturated carbocycles. The molecule has 1 aromatic carbocycles. The lowest BCUT2D eigenvalue weighted by atomic mass is 9.83. The quantitative estimate of drug-likeness (QED) is 0.616. The number of piperidine rings is 1. The summed E-state index contributed by atoms with van der Waals surface area (Å²) in [4.78, 5) is 25.8. The first-order chi connectivity index (χ1) is 15.7. The van der Waals surface area contributed by atoms with E-state index in [-0.39, 0.29) is 43.2 Å². The maximum absolute atomic E-state index is 12.9. The van der Waals surface area contributed by atoms with Crippen LogP contribution in [0, 0.1) is 0 Å². The SMILES string of the molecule is CC(=O)NCC(=O)N1CCCC(N(C)S(C)(=O)=O)C1COC1CCC(c2ccccc2)CC1. The van der Waals surface area contributed by atoms with Crippen LogP contribution in [0.25, 0.3) is 0 Å². The fourth-order valence-electron chi connectivity index (χ4n) is 5.04. The fraction of sp³-hybridized carbons (Fsp3) is 0.667. The second-order valence-corrected chi connectivity index (χ2v) is 11.3. The van der Waals surface area contributed by atoms with Crippen LogP contribution < -0.4 is 5.32 Å². The summed E-state index contributed by atoms with van der Waals surface area (Å²) < 4.78 is 32.2. The number of hydrogen-bond donors (Lipinski definition) is 1. The molecule has 8 nitrogen and oxygen atoms in total. The van der Waals surface area contributed by atoms with Gasteiger partial charge in [-0.05, 0) is 50.0 Å². The highest BCUT2D eigenvalue weighted by Crippen LogP contribution is 2.34.